The van der Waals surface area contributed by atoms with E-state index in [1.54, 1.807) is 20.3 Å². The van der Waals surface area contributed by atoms with Gasteiger partial charge in [-0.1, -0.05) is 32.4 Å². The van der Waals surface area contributed by atoms with Gasteiger partial charge in [-0.25, -0.2) is 4.98 Å². The summed E-state index contributed by atoms with van der Waals surface area (Å²) >= 11 is 6.46. The molecule has 1 aromatic heterocycles. The molecular formula is C16H21ClN2O2. The number of fused-ring (bicyclic) bond motifs is 1. The normalized spacial score (nSPS) is 11.6. The van der Waals surface area contributed by atoms with E-state index in [9.17, 15) is 0 Å². The van der Waals surface area contributed by atoms with Crippen LogP contribution in [0.4, 0.5) is 5.69 Å². The van der Waals surface area contributed by atoms with Gasteiger partial charge in [0, 0.05) is 35.3 Å². The number of hydrogen-bond donors (Lipinski definition) is 1. The van der Waals surface area contributed by atoms with Crippen LogP contribution in [0.1, 0.15) is 26.5 Å². The van der Waals surface area contributed by atoms with Crippen LogP contribution in [0.3, 0.4) is 0 Å². The zero-order valence-electron chi connectivity index (χ0n) is 13.3. The van der Waals surface area contributed by atoms with Crippen molar-refractivity contribution in [2.75, 3.05) is 26.6 Å². The molecule has 0 saturated heterocycles. The van der Waals surface area contributed by atoms with E-state index < -0.39 is 0 Å². The zero-order chi connectivity index (χ0) is 15.8. The zero-order valence-corrected chi connectivity index (χ0v) is 14.1. The van der Waals surface area contributed by atoms with Gasteiger partial charge in [0.2, 0.25) is 0 Å². The predicted octanol–water partition coefficient (Wildman–Crippen LogP) is 4.24. The van der Waals surface area contributed by atoms with Gasteiger partial charge < -0.3 is 14.8 Å². The second kappa shape index (κ2) is 5.60. The summed E-state index contributed by atoms with van der Waals surface area (Å²) in [5.41, 5.74) is 2.54. The quantitative estimate of drug-likeness (QED) is 0.921. The molecule has 2 rings (SSSR count). The first-order valence-electron chi connectivity index (χ1n) is 6.77. The molecule has 0 aliphatic carbocycles. The molecule has 1 N–H and O–H groups in total. The van der Waals surface area contributed by atoms with Crippen LogP contribution in [-0.2, 0) is 5.41 Å². The van der Waals surface area contributed by atoms with Gasteiger partial charge in [-0.05, 0) is 6.07 Å². The van der Waals surface area contributed by atoms with Crippen LogP contribution in [-0.4, -0.2) is 26.3 Å². The van der Waals surface area contributed by atoms with Crippen LogP contribution in [0.5, 0.6) is 11.5 Å². The molecule has 114 valence electrons. The summed E-state index contributed by atoms with van der Waals surface area (Å²) in [7, 11) is 5.07. The maximum atomic E-state index is 6.46. The first kappa shape index (κ1) is 15.7. The number of nitrogens with zero attached hydrogens (tertiary/aromatic N) is 1. The minimum Gasteiger partial charge on any atom is -0.495 e. The van der Waals surface area contributed by atoms with Gasteiger partial charge in [-0.15, -0.1) is 0 Å². The first-order chi connectivity index (χ1) is 9.83. The van der Waals surface area contributed by atoms with Crippen LogP contribution < -0.4 is 14.8 Å². The van der Waals surface area contributed by atoms with E-state index in [0.29, 0.717) is 16.5 Å². The Kier molecular flexibility index (Phi) is 4.19. The lowest BCUT2D eigenvalue weighted by molar-refractivity contribution is 0.397. The second-order valence-corrected chi connectivity index (χ2v) is 6.25. The maximum absolute atomic E-state index is 6.46. The van der Waals surface area contributed by atoms with E-state index in [1.165, 1.54) is 0 Å². The summed E-state index contributed by atoms with van der Waals surface area (Å²) in [6.45, 7) is 6.37. The number of hydrogen-bond acceptors (Lipinski definition) is 4. The fourth-order valence-electron chi connectivity index (χ4n) is 2.21. The molecule has 0 bridgehead atoms. The summed E-state index contributed by atoms with van der Waals surface area (Å²) < 4.78 is 10.8. The topological polar surface area (TPSA) is 43.4 Å². The average Bonchev–Trinajstić information content (AvgIpc) is 2.45. The molecule has 21 heavy (non-hydrogen) atoms. The van der Waals surface area contributed by atoms with Gasteiger partial charge in [0.25, 0.3) is 0 Å². The van der Waals surface area contributed by atoms with E-state index in [2.05, 4.69) is 26.1 Å². The number of rotatable bonds is 3. The van der Waals surface area contributed by atoms with Crippen molar-refractivity contribution in [3.63, 3.8) is 0 Å². The van der Waals surface area contributed by atoms with Crippen molar-refractivity contribution in [3.8, 4) is 11.5 Å². The van der Waals surface area contributed by atoms with Gasteiger partial charge in [0.1, 0.15) is 17.0 Å². The molecule has 0 spiro atoms. The van der Waals surface area contributed by atoms with Crippen LogP contribution in [0.15, 0.2) is 12.1 Å². The van der Waals surface area contributed by atoms with Crippen molar-refractivity contribution < 1.29 is 9.47 Å². The minimum atomic E-state index is -0.0722. The van der Waals surface area contributed by atoms with E-state index >= 15 is 0 Å². The average molecular weight is 309 g/mol. The molecular weight excluding hydrogens is 288 g/mol. The van der Waals surface area contributed by atoms with Gasteiger partial charge >= 0.3 is 0 Å². The lowest BCUT2D eigenvalue weighted by Crippen LogP contribution is -2.14. The molecule has 0 amide bonds. The van der Waals surface area contributed by atoms with Crippen molar-refractivity contribution in [2.45, 2.75) is 26.2 Å². The third-order valence-corrected chi connectivity index (χ3v) is 3.80. The highest BCUT2D eigenvalue weighted by Gasteiger charge is 2.22. The van der Waals surface area contributed by atoms with Crippen molar-refractivity contribution in [3.05, 3.63) is 22.8 Å². The summed E-state index contributed by atoms with van der Waals surface area (Å²) in [5.74, 6) is 1.22. The molecule has 0 unspecified atom stereocenters. The maximum Gasteiger partial charge on any atom is 0.148 e. The first-order valence-corrected chi connectivity index (χ1v) is 7.14. The Labute approximate surface area is 130 Å². The fourth-order valence-corrected chi connectivity index (χ4v) is 2.53. The highest BCUT2D eigenvalue weighted by molar-refractivity contribution is 6.38. The van der Waals surface area contributed by atoms with E-state index in [4.69, 9.17) is 26.1 Å². The Morgan fingerprint density at radius 3 is 2.19 bits per heavy atom. The monoisotopic (exact) mass is 308 g/mol. The molecule has 2 aromatic rings. The lowest BCUT2D eigenvalue weighted by Gasteiger charge is -2.21. The number of ether oxygens (including phenoxy) is 2. The molecule has 1 heterocycles. The standard InChI is InChI=1S/C16H21ClN2O2/c1-16(2,3)12-7-9(18-4)13-14(17)10(20-5)8-11(21-6)15(13)19-12/h7-8H,1-6H3,(H,18,19). The smallest absolute Gasteiger partial charge is 0.148 e. The molecule has 0 radical (unpaired) electrons. The number of anilines is 1. The largest absolute Gasteiger partial charge is 0.495 e. The Morgan fingerprint density at radius 1 is 1.10 bits per heavy atom. The Hall–Kier alpha value is -1.68. The second-order valence-electron chi connectivity index (χ2n) is 5.87. The van der Waals surface area contributed by atoms with E-state index in [0.717, 1.165) is 22.3 Å². The molecule has 5 heteroatoms. The Balaban J connectivity index is 2.93. The van der Waals surface area contributed by atoms with Crippen molar-refractivity contribution in [2.24, 2.45) is 0 Å². The minimum absolute atomic E-state index is 0.0722. The van der Waals surface area contributed by atoms with Crippen molar-refractivity contribution >= 4 is 28.2 Å². The fraction of sp³-hybridized carbons (Fsp3) is 0.438. The summed E-state index contributed by atoms with van der Waals surface area (Å²) in [5, 5.41) is 4.53. The number of pyridine rings is 1. The van der Waals surface area contributed by atoms with Gasteiger partial charge in [-0.2, -0.15) is 0 Å². The lowest BCUT2D eigenvalue weighted by atomic mass is 9.90. The Morgan fingerprint density at radius 2 is 1.71 bits per heavy atom. The van der Waals surface area contributed by atoms with Crippen molar-refractivity contribution in [1.29, 1.82) is 0 Å². The number of benzene rings is 1. The van der Waals surface area contributed by atoms with Gasteiger partial charge in [0.05, 0.1) is 19.2 Å². The SMILES string of the molecule is CNc1cc(C(C)(C)C)nc2c(OC)cc(OC)c(Cl)c12. The summed E-state index contributed by atoms with van der Waals surface area (Å²) in [6, 6.07) is 3.79. The number of aromatic nitrogens is 1. The highest BCUT2D eigenvalue weighted by atomic mass is 35.5. The third-order valence-electron chi connectivity index (χ3n) is 3.43. The van der Waals surface area contributed by atoms with Crippen LogP contribution in [0, 0.1) is 0 Å². The van der Waals surface area contributed by atoms with E-state index in [-0.39, 0.29) is 5.41 Å². The number of halogens is 1. The summed E-state index contributed by atoms with van der Waals surface area (Å²) in [6.07, 6.45) is 0. The van der Waals surface area contributed by atoms with Crippen LogP contribution >= 0.6 is 11.6 Å². The molecule has 0 saturated carbocycles. The molecule has 4 nitrogen and oxygen atoms in total. The van der Waals surface area contributed by atoms with Crippen LogP contribution in [0.25, 0.3) is 10.9 Å². The Bertz CT molecular complexity index is 678. The number of methoxy groups -OCH3 is 2. The van der Waals surface area contributed by atoms with E-state index in [1.807, 2.05) is 13.1 Å². The van der Waals surface area contributed by atoms with Crippen molar-refractivity contribution in [1.82, 2.24) is 4.98 Å². The van der Waals surface area contributed by atoms with Gasteiger partial charge in [-0.3, -0.25) is 0 Å². The molecule has 1 aromatic carbocycles. The third kappa shape index (κ3) is 2.72. The predicted molar refractivity (Wildman–Crippen MR) is 88.1 cm³/mol. The molecule has 0 fully saturated rings. The number of nitrogens with one attached hydrogen (secondary N) is 1. The molecule has 0 aliphatic rings. The van der Waals surface area contributed by atoms with Gasteiger partial charge in [0.15, 0.2) is 0 Å². The molecule has 0 atom stereocenters. The highest BCUT2D eigenvalue weighted by Crippen LogP contribution is 2.42. The van der Waals surface area contributed by atoms with Crippen LogP contribution in [0.2, 0.25) is 5.02 Å². The molecule has 0 aliphatic heterocycles. The summed E-state index contributed by atoms with van der Waals surface area (Å²) in [4.78, 5) is 4.76.